The molecule has 2 nitrogen and oxygen atoms in total. The molecule has 0 aliphatic rings. The highest BCUT2D eigenvalue weighted by atomic mass is 35.5. The Kier molecular flexibility index (Phi) is 4.89. The van der Waals surface area contributed by atoms with Crippen molar-refractivity contribution in [2.24, 2.45) is 0 Å². The van der Waals surface area contributed by atoms with E-state index in [1.165, 1.54) is 0 Å². The van der Waals surface area contributed by atoms with Gasteiger partial charge >= 0.3 is 0 Å². The van der Waals surface area contributed by atoms with Gasteiger partial charge in [0.25, 0.3) is 0 Å². The molecule has 0 amide bonds. The lowest BCUT2D eigenvalue weighted by atomic mass is 10.0. The van der Waals surface area contributed by atoms with Crippen LogP contribution in [0.25, 0.3) is 0 Å². The molecular formula is C16H14Cl2N2. The number of benzene rings is 2. The first-order valence-corrected chi connectivity index (χ1v) is 7.11. The predicted octanol–water partition coefficient (Wildman–Crippen LogP) is 5.43. The Balaban J connectivity index is 2.22. The zero-order valence-corrected chi connectivity index (χ0v) is 12.5. The van der Waals surface area contributed by atoms with E-state index >= 15 is 0 Å². The van der Waals surface area contributed by atoms with Crippen molar-refractivity contribution in [3.63, 3.8) is 0 Å². The van der Waals surface area contributed by atoms with Gasteiger partial charge in [0.15, 0.2) is 0 Å². The standard InChI is InChI=1S/C16H14Cl2N2/c1-2-16(11-3-5-13(17)6-4-11)20-14-7-8-15(18)12(9-14)10-19/h3-9,16,20H,2H2,1H3. The smallest absolute Gasteiger partial charge is 0.101 e. The van der Waals surface area contributed by atoms with E-state index in [0.717, 1.165) is 22.7 Å². The van der Waals surface area contributed by atoms with Crippen LogP contribution in [0.3, 0.4) is 0 Å². The summed E-state index contributed by atoms with van der Waals surface area (Å²) in [6, 6.07) is 15.4. The number of hydrogen-bond donors (Lipinski definition) is 1. The molecule has 0 fully saturated rings. The number of nitrogens with zero attached hydrogens (tertiary/aromatic N) is 1. The maximum Gasteiger partial charge on any atom is 0.101 e. The first-order chi connectivity index (χ1) is 9.63. The fourth-order valence-electron chi connectivity index (χ4n) is 2.02. The normalized spacial score (nSPS) is 11.7. The van der Waals surface area contributed by atoms with Crippen LogP contribution in [0.1, 0.15) is 30.5 Å². The van der Waals surface area contributed by atoms with Crippen LogP contribution in [0.15, 0.2) is 42.5 Å². The number of nitriles is 1. The number of rotatable bonds is 4. The number of hydrogen-bond acceptors (Lipinski definition) is 2. The van der Waals surface area contributed by atoms with E-state index in [1.807, 2.05) is 30.3 Å². The minimum atomic E-state index is 0.167. The van der Waals surface area contributed by atoms with Gasteiger partial charge in [-0.25, -0.2) is 0 Å². The van der Waals surface area contributed by atoms with Gasteiger partial charge in [-0.1, -0.05) is 42.3 Å². The van der Waals surface area contributed by atoms with Crippen LogP contribution >= 0.6 is 23.2 Å². The summed E-state index contributed by atoms with van der Waals surface area (Å²) in [6.07, 6.45) is 0.923. The topological polar surface area (TPSA) is 35.8 Å². The lowest BCUT2D eigenvalue weighted by Crippen LogP contribution is -2.09. The van der Waals surface area contributed by atoms with Crippen LogP contribution in [0.4, 0.5) is 5.69 Å². The molecule has 2 aromatic rings. The molecule has 0 aliphatic heterocycles. The van der Waals surface area contributed by atoms with Gasteiger partial charge in [-0.3, -0.25) is 0 Å². The summed E-state index contributed by atoms with van der Waals surface area (Å²) in [7, 11) is 0. The Morgan fingerprint density at radius 3 is 2.45 bits per heavy atom. The molecule has 1 N–H and O–H groups in total. The average Bonchev–Trinajstić information content (AvgIpc) is 2.47. The first kappa shape index (κ1) is 14.7. The first-order valence-electron chi connectivity index (χ1n) is 6.35. The van der Waals surface area contributed by atoms with Gasteiger partial charge < -0.3 is 5.32 Å². The van der Waals surface area contributed by atoms with Gasteiger partial charge in [0, 0.05) is 10.7 Å². The van der Waals surface area contributed by atoms with Crippen molar-refractivity contribution < 1.29 is 0 Å². The Hall–Kier alpha value is -1.69. The van der Waals surface area contributed by atoms with E-state index < -0.39 is 0 Å². The average molecular weight is 305 g/mol. The van der Waals surface area contributed by atoms with Gasteiger partial charge in [-0.2, -0.15) is 5.26 Å². The van der Waals surface area contributed by atoms with E-state index in [9.17, 15) is 0 Å². The molecule has 0 saturated heterocycles. The maximum atomic E-state index is 9.00. The van der Waals surface area contributed by atoms with Crippen molar-refractivity contribution >= 4 is 28.9 Å². The van der Waals surface area contributed by atoms with E-state index in [4.69, 9.17) is 28.5 Å². The van der Waals surface area contributed by atoms with Crippen molar-refractivity contribution in [2.45, 2.75) is 19.4 Å². The lowest BCUT2D eigenvalue weighted by Gasteiger charge is -2.19. The molecule has 1 unspecified atom stereocenters. The second-order valence-electron chi connectivity index (χ2n) is 4.46. The molecule has 1 atom stereocenters. The minimum Gasteiger partial charge on any atom is -0.378 e. The Morgan fingerprint density at radius 1 is 1.15 bits per heavy atom. The molecule has 0 bridgehead atoms. The number of anilines is 1. The molecule has 2 rings (SSSR count). The summed E-state index contributed by atoms with van der Waals surface area (Å²) in [5.41, 5.74) is 2.51. The summed E-state index contributed by atoms with van der Waals surface area (Å²) >= 11 is 11.8. The molecule has 0 aromatic heterocycles. The molecule has 0 radical (unpaired) electrons. The van der Waals surface area contributed by atoms with E-state index in [0.29, 0.717) is 10.6 Å². The number of halogens is 2. The number of nitrogens with one attached hydrogen (secondary N) is 1. The SMILES string of the molecule is CCC(Nc1ccc(Cl)c(C#N)c1)c1ccc(Cl)cc1. The fraction of sp³-hybridized carbons (Fsp3) is 0.188. The summed E-state index contributed by atoms with van der Waals surface area (Å²) < 4.78 is 0. The van der Waals surface area contributed by atoms with Crippen LogP contribution in [0, 0.1) is 11.3 Å². The largest absolute Gasteiger partial charge is 0.378 e. The van der Waals surface area contributed by atoms with Crippen LogP contribution < -0.4 is 5.32 Å². The Morgan fingerprint density at radius 2 is 1.85 bits per heavy atom. The summed E-state index contributed by atoms with van der Waals surface area (Å²) in [5.74, 6) is 0. The van der Waals surface area contributed by atoms with Crippen molar-refractivity contribution in [1.29, 1.82) is 5.26 Å². The van der Waals surface area contributed by atoms with Gasteiger partial charge in [0.1, 0.15) is 6.07 Å². The minimum absolute atomic E-state index is 0.167. The molecule has 0 heterocycles. The van der Waals surface area contributed by atoms with Crippen molar-refractivity contribution in [3.8, 4) is 6.07 Å². The van der Waals surface area contributed by atoms with Crippen molar-refractivity contribution in [2.75, 3.05) is 5.32 Å². The molecule has 0 spiro atoms. The van der Waals surface area contributed by atoms with Crippen LogP contribution in [0.2, 0.25) is 10.0 Å². The summed E-state index contributed by atoms with van der Waals surface area (Å²) in [6.45, 7) is 2.10. The van der Waals surface area contributed by atoms with Gasteiger partial charge in [-0.05, 0) is 42.3 Å². The molecule has 102 valence electrons. The van der Waals surface area contributed by atoms with Crippen molar-refractivity contribution in [3.05, 3.63) is 63.6 Å². The molecule has 0 saturated carbocycles. The third-order valence-electron chi connectivity index (χ3n) is 3.11. The van der Waals surface area contributed by atoms with Crippen LogP contribution in [0.5, 0.6) is 0 Å². The van der Waals surface area contributed by atoms with Crippen LogP contribution in [-0.2, 0) is 0 Å². The molecule has 2 aromatic carbocycles. The van der Waals surface area contributed by atoms with Gasteiger partial charge in [-0.15, -0.1) is 0 Å². The highest BCUT2D eigenvalue weighted by Gasteiger charge is 2.10. The zero-order valence-electron chi connectivity index (χ0n) is 11.0. The van der Waals surface area contributed by atoms with Gasteiger partial charge in [0.05, 0.1) is 16.6 Å². The van der Waals surface area contributed by atoms with E-state index in [-0.39, 0.29) is 6.04 Å². The van der Waals surface area contributed by atoms with E-state index in [1.54, 1.807) is 12.1 Å². The van der Waals surface area contributed by atoms with E-state index in [2.05, 4.69) is 18.3 Å². The monoisotopic (exact) mass is 304 g/mol. The van der Waals surface area contributed by atoms with Crippen molar-refractivity contribution in [1.82, 2.24) is 0 Å². The quantitative estimate of drug-likeness (QED) is 0.817. The maximum absolute atomic E-state index is 9.00. The van der Waals surface area contributed by atoms with Gasteiger partial charge in [0.2, 0.25) is 0 Å². The lowest BCUT2D eigenvalue weighted by molar-refractivity contribution is 0.749. The Labute approximate surface area is 128 Å². The third-order valence-corrected chi connectivity index (χ3v) is 3.69. The van der Waals surface area contributed by atoms with Crippen LogP contribution in [-0.4, -0.2) is 0 Å². The molecule has 0 aliphatic carbocycles. The zero-order chi connectivity index (χ0) is 14.5. The second kappa shape index (κ2) is 6.65. The summed E-state index contributed by atoms with van der Waals surface area (Å²) in [5, 5.41) is 13.6. The highest BCUT2D eigenvalue weighted by molar-refractivity contribution is 6.31. The predicted molar refractivity (Wildman–Crippen MR) is 84.3 cm³/mol. The second-order valence-corrected chi connectivity index (χ2v) is 5.31. The summed E-state index contributed by atoms with van der Waals surface area (Å²) in [4.78, 5) is 0. The highest BCUT2D eigenvalue weighted by Crippen LogP contribution is 2.26. The molecule has 4 heteroatoms. The fourth-order valence-corrected chi connectivity index (χ4v) is 2.30. The third kappa shape index (κ3) is 3.45. The molecule has 20 heavy (non-hydrogen) atoms. The Bertz CT molecular complexity index is 630. The molecular weight excluding hydrogens is 291 g/mol.